The van der Waals surface area contributed by atoms with Gasteiger partial charge in [0.25, 0.3) is 0 Å². The number of anilines is 1. The number of fused-ring (bicyclic) bond motifs is 1. The van der Waals surface area contributed by atoms with Crippen LogP contribution in [0.5, 0.6) is 5.75 Å². The Labute approximate surface area is 168 Å². The molecule has 7 heteroatoms. The SMILES string of the molecule is COc1cc(Cl)c(C)cc1NC(=O)CSc1nc2c(c(C)c1C#N)CCC2. The largest absolute Gasteiger partial charge is 0.495 e. The first-order valence-electron chi connectivity index (χ1n) is 8.63. The molecule has 1 amide bonds. The van der Waals surface area contributed by atoms with E-state index in [-0.39, 0.29) is 11.7 Å². The van der Waals surface area contributed by atoms with Crippen molar-refractivity contribution in [1.29, 1.82) is 5.26 Å². The molecule has 0 unspecified atom stereocenters. The lowest BCUT2D eigenvalue weighted by molar-refractivity contribution is -0.113. The van der Waals surface area contributed by atoms with E-state index in [0.29, 0.717) is 27.0 Å². The van der Waals surface area contributed by atoms with Gasteiger partial charge in [-0.2, -0.15) is 5.26 Å². The fourth-order valence-electron chi connectivity index (χ4n) is 3.23. The second-order valence-electron chi connectivity index (χ2n) is 6.45. The molecular weight excluding hydrogens is 382 g/mol. The number of nitriles is 1. The zero-order valence-electron chi connectivity index (χ0n) is 15.5. The number of amides is 1. The number of nitrogens with zero attached hydrogens (tertiary/aromatic N) is 2. The molecular formula is C20H20ClN3O2S. The van der Waals surface area contributed by atoms with E-state index >= 15 is 0 Å². The minimum absolute atomic E-state index is 0.157. The van der Waals surface area contributed by atoms with E-state index in [9.17, 15) is 10.1 Å². The smallest absolute Gasteiger partial charge is 0.234 e. The molecule has 1 N–H and O–H groups in total. The fraction of sp³-hybridized carbons (Fsp3) is 0.350. The summed E-state index contributed by atoms with van der Waals surface area (Å²) in [7, 11) is 1.53. The molecule has 1 aromatic carbocycles. The molecule has 0 atom stereocenters. The number of rotatable bonds is 5. The summed E-state index contributed by atoms with van der Waals surface area (Å²) in [4.78, 5) is 17.1. The Hall–Kier alpha value is -2.23. The Balaban J connectivity index is 1.75. The number of carbonyl (C=O) groups is 1. The van der Waals surface area contributed by atoms with E-state index < -0.39 is 0 Å². The van der Waals surface area contributed by atoms with Crippen LogP contribution in [0.15, 0.2) is 17.2 Å². The third-order valence-electron chi connectivity index (χ3n) is 4.67. The molecule has 27 heavy (non-hydrogen) atoms. The molecule has 0 saturated carbocycles. The number of ether oxygens (including phenoxy) is 1. The predicted octanol–water partition coefficient (Wildman–Crippen LogP) is 4.45. The molecule has 0 saturated heterocycles. The van der Waals surface area contributed by atoms with Gasteiger partial charge in [0.2, 0.25) is 5.91 Å². The van der Waals surface area contributed by atoms with Gasteiger partial charge in [0.05, 0.1) is 24.1 Å². The van der Waals surface area contributed by atoms with Crippen molar-refractivity contribution in [3.8, 4) is 11.8 Å². The van der Waals surface area contributed by atoms with Gasteiger partial charge < -0.3 is 10.1 Å². The number of hydrogen-bond acceptors (Lipinski definition) is 5. The van der Waals surface area contributed by atoms with E-state index in [4.69, 9.17) is 16.3 Å². The topological polar surface area (TPSA) is 75.0 Å². The summed E-state index contributed by atoms with van der Waals surface area (Å²) >= 11 is 7.39. The first-order valence-corrected chi connectivity index (χ1v) is 10.00. The van der Waals surface area contributed by atoms with Crippen LogP contribution in [0.1, 0.15) is 34.4 Å². The van der Waals surface area contributed by atoms with Crippen LogP contribution in [0.3, 0.4) is 0 Å². The molecule has 1 heterocycles. The summed E-state index contributed by atoms with van der Waals surface area (Å²) in [6.07, 6.45) is 2.98. The number of aryl methyl sites for hydroxylation is 2. The van der Waals surface area contributed by atoms with Crippen molar-refractivity contribution in [1.82, 2.24) is 4.98 Å². The minimum atomic E-state index is -0.191. The molecule has 0 aliphatic heterocycles. The zero-order chi connectivity index (χ0) is 19.6. The van der Waals surface area contributed by atoms with Crippen LogP contribution in [0.2, 0.25) is 5.02 Å². The van der Waals surface area contributed by atoms with E-state index in [2.05, 4.69) is 16.4 Å². The highest BCUT2D eigenvalue weighted by Crippen LogP contribution is 2.33. The molecule has 1 aromatic heterocycles. The van der Waals surface area contributed by atoms with Gasteiger partial charge in [-0.25, -0.2) is 4.98 Å². The number of methoxy groups -OCH3 is 1. The van der Waals surface area contributed by atoms with Crippen molar-refractivity contribution < 1.29 is 9.53 Å². The highest BCUT2D eigenvalue weighted by molar-refractivity contribution is 8.00. The van der Waals surface area contributed by atoms with Crippen LogP contribution in [0, 0.1) is 25.2 Å². The average molecular weight is 402 g/mol. The number of hydrogen-bond donors (Lipinski definition) is 1. The number of thioether (sulfide) groups is 1. The Morgan fingerprint density at radius 1 is 1.41 bits per heavy atom. The quantitative estimate of drug-likeness (QED) is 0.749. The summed E-state index contributed by atoms with van der Waals surface area (Å²) < 4.78 is 5.29. The lowest BCUT2D eigenvalue weighted by Gasteiger charge is -2.13. The van der Waals surface area contributed by atoms with Crippen molar-refractivity contribution in [2.45, 2.75) is 38.1 Å². The monoisotopic (exact) mass is 401 g/mol. The van der Waals surface area contributed by atoms with E-state index in [1.54, 1.807) is 12.1 Å². The van der Waals surface area contributed by atoms with Crippen LogP contribution in [-0.4, -0.2) is 23.8 Å². The molecule has 140 valence electrons. The Morgan fingerprint density at radius 3 is 2.89 bits per heavy atom. The molecule has 3 rings (SSSR count). The highest BCUT2D eigenvalue weighted by Gasteiger charge is 2.21. The van der Waals surface area contributed by atoms with Crippen molar-refractivity contribution in [2.75, 3.05) is 18.2 Å². The molecule has 2 aromatic rings. The van der Waals surface area contributed by atoms with Gasteiger partial charge in [-0.3, -0.25) is 4.79 Å². The fourth-order valence-corrected chi connectivity index (χ4v) is 4.24. The summed E-state index contributed by atoms with van der Waals surface area (Å²) in [6.45, 7) is 3.83. The van der Waals surface area contributed by atoms with Crippen LogP contribution in [-0.2, 0) is 17.6 Å². The molecule has 0 fully saturated rings. The van der Waals surface area contributed by atoms with Crippen molar-refractivity contribution in [3.63, 3.8) is 0 Å². The van der Waals surface area contributed by atoms with E-state index in [0.717, 1.165) is 36.1 Å². The normalized spacial score (nSPS) is 12.4. The number of benzene rings is 1. The maximum Gasteiger partial charge on any atom is 0.234 e. The van der Waals surface area contributed by atoms with Gasteiger partial charge in [0, 0.05) is 16.8 Å². The van der Waals surface area contributed by atoms with Crippen LogP contribution < -0.4 is 10.1 Å². The van der Waals surface area contributed by atoms with Gasteiger partial charge in [0.15, 0.2) is 0 Å². The molecule has 1 aliphatic rings. The number of aromatic nitrogens is 1. The maximum absolute atomic E-state index is 12.4. The zero-order valence-corrected chi connectivity index (χ0v) is 17.1. The lowest BCUT2D eigenvalue weighted by atomic mass is 10.0. The second-order valence-corrected chi connectivity index (χ2v) is 7.82. The predicted molar refractivity (Wildman–Crippen MR) is 108 cm³/mol. The Bertz CT molecular complexity index is 953. The van der Waals surface area contributed by atoms with Gasteiger partial charge in [-0.1, -0.05) is 23.4 Å². The summed E-state index contributed by atoms with van der Waals surface area (Å²) in [5.74, 6) is 0.474. The van der Waals surface area contributed by atoms with Crippen molar-refractivity contribution in [2.24, 2.45) is 0 Å². The third-order valence-corrected chi connectivity index (χ3v) is 6.06. The number of pyridine rings is 1. The lowest BCUT2D eigenvalue weighted by Crippen LogP contribution is -2.15. The van der Waals surface area contributed by atoms with Crippen molar-refractivity contribution in [3.05, 3.63) is 45.1 Å². The highest BCUT2D eigenvalue weighted by atomic mass is 35.5. The van der Waals surface area contributed by atoms with Crippen molar-refractivity contribution >= 4 is 35.0 Å². The number of carbonyl (C=O) groups excluding carboxylic acids is 1. The molecule has 0 radical (unpaired) electrons. The Kier molecular flexibility index (Phi) is 5.93. The summed E-state index contributed by atoms with van der Waals surface area (Å²) in [5, 5.41) is 13.6. The minimum Gasteiger partial charge on any atom is -0.495 e. The third kappa shape index (κ3) is 4.05. The van der Waals surface area contributed by atoms with Gasteiger partial charge >= 0.3 is 0 Å². The standard InChI is InChI=1S/C20H20ClN3O2S/c1-11-7-17(18(26-3)8-15(11)21)23-19(25)10-27-20-14(9-22)12(2)13-5-4-6-16(13)24-20/h7-8H,4-6,10H2,1-3H3,(H,23,25). The van der Waals surface area contributed by atoms with Crippen LogP contribution in [0.4, 0.5) is 5.69 Å². The van der Waals surface area contributed by atoms with Gasteiger partial charge in [-0.15, -0.1) is 0 Å². The molecule has 0 bridgehead atoms. The maximum atomic E-state index is 12.4. The average Bonchev–Trinajstić information content (AvgIpc) is 3.11. The number of halogens is 1. The second kappa shape index (κ2) is 8.20. The number of nitrogens with one attached hydrogen (secondary N) is 1. The Morgan fingerprint density at radius 2 is 2.19 bits per heavy atom. The summed E-state index contributed by atoms with van der Waals surface area (Å²) in [6, 6.07) is 5.71. The van der Waals surface area contributed by atoms with Gasteiger partial charge in [-0.05, 0) is 55.9 Å². The first kappa shape index (κ1) is 19.5. The summed E-state index contributed by atoms with van der Waals surface area (Å²) in [5.41, 5.74) is 5.25. The first-order chi connectivity index (χ1) is 12.9. The molecule has 1 aliphatic carbocycles. The van der Waals surface area contributed by atoms with Gasteiger partial charge in [0.1, 0.15) is 16.8 Å². The molecule has 5 nitrogen and oxygen atoms in total. The molecule has 0 spiro atoms. The van der Waals surface area contributed by atoms with Crippen LogP contribution in [0.25, 0.3) is 0 Å². The van der Waals surface area contributed by atoms with Crippen LogP contribution >= 0.6 is 23.4 Å². The van der Waals surface area contributed by atoms with E-state index in [1.165, 1.54) is 24.4 Å². The van der Waals surface area contributed by atoms with E-state index in [1.807, 2.05) is 13.8 Å².